The summed E-state index contributed by atoms with van der Waals surface area (Å²) < 4.78 is 13.3. The second kappa shape index (κ2) is 6.71. The number of hydrogen-bond donors (Lipinski definition) is 1. The molecule has 5 heteroatoms. The van der Waals surface area contributed by atoms with E-state index in [0.717, 1.165) is 6.42 Å². The molecule has 1 amide bonds. The van der Waals surface area contributed by atoms with Crippen molar-refractivity contribution in [2.24, 2.45) is 0 Å². The fraction of sp³-hybridized carbons (Fsp3) is 0.364. The van der Waals surface area contributed by atoms with E-state index >= 15 is 0 Å². The number of para-hydroxylation sites is 1. The number of anilines is 1. The minimum absolute atomic E-state index is 0.0417. The molecule has 0 unspecified atom stereocenters. The second-order valence-corrected chi connectivity index (χ2v) is 4.08. The molecular formula is C11H12Cl2FNO. The SMILES string of the molecule is O=C(CCCCCl)Nc1c(F)cccc1Cl. The van der Waals surface area contributed by atoms with Gasteiger partial charge in [-0.25, -0.2) is 4.39 Å². The van der Waals surface area contributed by atoms with E-state index < -0.39 is 5.82 Å². The largest absolute Gasteiger partial charge is 0.322 e. The number of alkyl halides is 1. The van der Waals surface area contributed by atoms with Crippen molar-refractivity contribution in [1.82, 2.24) is 0 Å². The van der Waals surface area contributed by atoms with E-state index in [-0.39, 0.29) is 16.6 Å². The van der Waals surface area contributed by atoms with Crippen molar-refractivity contribution in [1.29, 1.82) is 0 Å². The van der Waals surface area contributed by atoms with Gasteiger partial charge in [-0.15, -0.1) is 11.6 Å². The smallest absolute Gasteiger partial charge is 0.224 e. The summed E-state index contributed by atoms with van der Waals surface area (Å²) in [5.41, 5.74) is 0.0417. The standard InChI is InChI=1S/C11H12Cl2FNO/c12-7-2-1-6-10(16)15-11-8(13)4-3-5-9(11)14/h3-5H,1-2,6-7H2,(H,15,16). The highest BCUT2D eigenvalue weighted by Crippen LogP contribution is 2.24. The molecule has 1 N–H and O–H groups in total. The minimum atomic E-state index is -0.529. The van der Waals surface area contributed by atoms with Gasteiger partial charge in [0.05, 0.1) is 10.7 Å². The van der Waals surface area contributed by atoms with Gasteiger partial charge < -0.3 is 5.32 Å². The van der Waals surface area contributed by atoms with E-state index in [0.29, 0.717) is 18.7 Å². The van der Waals surface area contributed by atoms with E-state index in [1.54, 1.807) is 0 Å². The predicted molar refractivity (Wildman–Crippen MR) is 64.6 cm³/mol. The molecule has 0 bridgehead atoms. The van der Waals surface area contributed by atoms with E-state index in [9.17, 15) is 9.18 Å². The highest BCUT2D eigenvalue weighted by molar-refractivity contribution is 6.33. The lowest BCUT2D eigenvalue weighted by molar-refractivity contribution is -0.116. The Balaban J connectivity index is 2.56. The Kier molecular flexibility index (Phi) is 5.56. The van der Waals surface area contributed by atoms with Gasteiger partial charge in [-0.3, -0.25) is 4.79 Å². The van der Waals surface area contributed by atoms with Crippen molar-refractivity contribution < 1.29 is 9.18 Å². The summed E-state index contributed by atoms with van der Waals surface area (Å²) in [5, 5.41) is 2.65. The van der Waals surface area contributed by atoms with Crippen molar-refractivity contribution in [2.45, 2.75) is 19.3 Å². The van der Waals surface area contributed by atoms with Gasteiger partial charge in [0.1, 0.15) is 5.82 Å². The summed E-state index contributed by atoms with van der Waals surface area (Å²) in [4.78, 5) is 11.4. The van der Waals surface area contributed by atoms with Gasteiger partial charge in [-0.05, 0) is 25.0 Å². The average molecular weight is 264 g/mol. The third kappa shape index (κ3) is 3.99. The summed E-state index contributed by atoms with van der Waals surface area (Å²) in [6.45, 7) is 0. The molecule has 1 aromatic rings. The number of amides is 1. The van der Waals surface area contributed by atoms with E-state index in [4.69, 9.17) is 23.2 Å². The van der Waals surface area contributed by atoms with Crippen LogP contribution in [0.5, 0.6) is 0 Å². The van der Waals surface area contributed by atoms with Crippen molar-refractivity contribution in [3.05, 3.63) is 29.0 Å². The quantitative estimate of drug-likeness (QED) is 0.635. The van der Waals surface area contributed by atoms with Crippen LogP contribution in [0.3, 0.4) is 0 Å². The van der Waals surface area contributed by atoms with Gasteiger partial charge >= 0.3 is 0 Å². The molecule has 0 aromatic heterocycles. The fourth-order valence-electron chi connectivity index (χ4n) is 1.20. The highest BCUT2D eigenvalue weighted by Gasteiger charge is 2.09. The number of carbonyl (C=O) groups is 1. The molecule has 0 heterocycles. The van der Waals surface area contributed by atoms with Gasteiger partial charge in [0, 0.05) is 12.3 Å². The van der Waals surface area contributed by atoms with Crippen LogP contribution in [0.4, 0.5) is 10.1 Å². The average Bonchev–Trinajstić information content (AvgIpc) is 2.24. The molecule has 0 saturated heterocycles. The normalized spacial score (nSPS) is 10.2. The summed E-state index contributed by atoms with van der Waals surface area (Å²) in [6.07, 6.45) is 1.76. The molecule has 0 fully saturated rings. The number of benzene rings is 1. The first-order chi connectivity index (χ1) is 7.65. The zero-order valence-corrected chi connectivity index (χ0v) is 10.1. The van der Waals surface area contributed by atoms with Crippen LogP contribution in [0.1, 0.15) is 19.3 Å². The van der Waals surface area contributed by atoms with Gasteiger partial charge in [-0.2, -0.15) is 0 Å². The summed E-state index contributed by atoms with van der Waals surface area (Å²) >= 11 is 11.2. The lowest BCUT2D eigenvalue weighted by atomic mass is 10.2. The molecule has 0 radical (unpaired) electrons. The topological polar surface area (TPSA) is 29.1 Å². The van der Waals surface area contributed by atoms with E-state index in [2.05, 4.69) is 5.32 Å². The number of rotatable bonds is 5. The van der Waals surface area contributed by atoms with Crippen LogP contribution >= 0.6 is 23.2 Å². The Morgan fingerprint density at radius 2 is 2.12 bits per heavy atom. The van der Waals surface area contributed by atoms with Gasteiger partial charge in [0.15, 0.2) is 0 Å². The monoisotopic (exact) mass is 263 g/mol. The Morgan fingerprint density at radius 3 is 2.75 bits per heavy atom. The molecular weight excluding hydrogens is 252 g/mol. The number of carbonyl (C=O) groups excluding carboxylic acids is 1. The van der Waals surface area contributed by atoms with E-state index in [1.165, 1.54) is 18.2 Å². The van der Waals surface area contributed by atoms with Gasteiger partial charge in [0.2, 0.25) is 5.91 Å². The zero-order chi connectivity index (χ0) is 12.0. The van der Waals surface area contributed by atoms with Gasteiger partial charge in [0.25, 0.3) is 0 Å². The second-order valence-electron chi connectivity index (χ2n) is 3.29. The minimum Gasteiger partial charge on any atom is -0.322 e. The molecule has 88 valence electrons. The molecule has 1 aromatic carbocycles. The molecule has 0 atom stereocenters. The lowest BCUT2D eigenvalue weighted by Crippen LogP contribution is -2.12. The maximum Gasteiger partial charge on any atom is 0.224 e. The summed E-state index contributed by atoms with van der Waals surface area (Å²) in [5.74, 6) is -0.261. The van der Waals surface area contributed by atoms with Crippen molar-refractivity contribution >= 4 is 34.8 Å². The highest BCUT2D eigenvalue weighted by atomic mass is 35.5. The molecule has 0 saturated carbocycles. The van der Waals surface area contributed by atoms with Crippen molar-refractivity contribution in [3.63, 3.8) is 0 Å². The molecule has 2 nitrogen and oxygen atoms in total. The van der Waals surface area contributed by atoms with Crippen LogP contribution in [0.15, 0.2) is 18.2 Å². The molecule has 0 aliphatic carbocycles. The van der Waals surface area contributed by atoms with Crippen LogP contribution in [0.2, 0.25) is 5.02 Å². The Hall–Kier alpha value is -0.800. The first-order valence-corrected chi connectivity index (χ1v) is 5.86. The molecule has 16 heavy (non-hydrogen) atoms. The van der Waals surface area contributed by atoms with Crippen LogP contribution < -0.4 is 5.32 Å². The summed E-state index contributed by atoms with van der Waals surface area (Å²) in [6, 6.07) is 4.26. The molecule has 0 aliphatic heterocycles. The summed E-state index contributed by atoms with van der Waals surface area (Å²) in [7, 11) is 0. The molecule has 1 rings (SSSR count). The van der Waals surface area contributed by atoms with Crippen LogP contribution in [0.25, 0.3) is 0 Å². The maximum atomic E-state index is 13.3. The Bertz CT molecular complexity index is 351. The maximum absolute atomic E-state index is 13.3. The Labute approximate surface area is 104 Å². The lowest BCUT2D eigenvalue weighted by Gasteiger charge is -2.07. The third-order valence-electron chi connectivity index (χ3n) is 2.01. The molecule has 0 aliphatic rings. The van der Waals surface area contributed by atoms with Crippen LogP contribution in [0, 0.1) is 5.82 Å². The fourth-order valence-corrected chi connectivity index (χ4v) is 1.60. The van der Waals surface area contributed by atoms with Gasteiger partial charge in [-0.1, -0.05) is 17.7 Å². The number of unbranched alkanes of at least 4 members (excludes halogenated alkanes) is 1. The van der Waals surface area contributed by atoms with E-state index in [1.807, 2.05) is 0 Å². The first kappa shape index (κ1) is 13.3. The van der Waals surface area contributed by atoms with Crippen molar-refractivity contribution in [2.75, 3.05) is 11.2 Å². The number of nitrogens with one attached hydrogen (secondary N) is 1. The Morgan fingerprint density at radius 1 is 1.38 bits per heavy atom. The third-order valence-corrected chi connectivity index (χ3v) is 2.60. The zero-order valence-electron chi connectivity index (χ0n) is 8.60. The number of halogens is 3. The first-order valence-electron chi connectivity index (χ1n) is 4.95. The molecule has 0 spiro atoms. The predicted octanol–water partition coefficient (Wildman–Crippen LogP) is 3.83. The number of hydrogen-bond acceptors (Lipinski definition) is 1. The van der Waals surface area contributed by atoms with Crippen molar-refractivity contribution in [3.8, 4) is 0 Å². The van der Waals surface area contributed by atoms with Crippen LogP contribution in [-0.4, -0.2) is 11.8 Å². The van der Waals surface area contributed by atoms with Crippen LogP contribution in [-0.2, 0) is 4.79 Å².